The quantitative estimate of drug-likeness (QED) is 0.885. The van der Waals surface area contributed by atoms with Gasteiger partial charge in [0.05, 0.1) is 6.54 Å². The average Bonchev–Trinajstić information content (AvgIpc) is 2.90. The molecule has 0 atom stereocenters. The molecule has 0 aliphatic heterocycles. The van der Waals surface area contributed by atoms with E-state index in [2.05, 4.69) is 10.3 Å². The number of carbonyl (C=O) groups excluding carboxylic acids is 2. The highest BCUT2D eigenvalue weighted by molar-refractivity contribution is 5.99. The number of H-pyrrole nitrogens is 1. The van der Waals surface area contributed by atoms with E-state index in [9.17, 15) is 9.59 Å². The third-order valence-electron chi connectivity index (χ3n) is 3.25. The predicted octanol–water partition coefficient (Wildman–Crippen LogP) is 2.15. The Bertz CT molecular complexity index is 646. The second-order valence-electron chi connectivity index (χ2n) is 5.32. The maximum Gasteiger partial charge on any atom is 0.254 e. The Morgan fingerprint density at radius 1 is 1.29 bits per heavy atom. The summed E-state index contributed by atoms with van der Waals surface area (Å²) in [5.41, 5.74) is 1.59. The van der Waals surface area contributed by atoms with E-state index in [0.717, 1.165) is 10.9 Å². The summed E-state index contributed by atoms with van der Waals surface area (Å²) in [7, 11) is 0. The smallest absolute Gasteiger partial charge is 0.254 e. The molecule has 5 nitrogen and oxygen atoms in total. The van der Waals surface area contributed by atoms with Crippen molar-refractivity contribution in [3.05, 3.63) is 36.0 Å². The molecule has 0 aliphatic carbocycles. The van der Waals surface area contributed by atoms with E-state index >= 15 is 0 Å². The minimum absolute atomic E-state index is 0.0718. The van der Waals surface area contributed by atoms with Gasteiger partial charge in [-0.2, -0.15) is 0 Å². The van der Waals surface area contributed by atoms with Crippen LogP contribution in [0.2, 0.25) is 0 Å². The number of benzene rings is 1. The third kappa shape index (κ3) is 3.62. The zero-order valence-electron chi connectivity index (χ0n) is 12.6. The van der Waals surface area contributed by atoms with Crippen molar-refractivity contribution < 1.29 is 9.59 Å². The first-order valence-corrected chi connectivity index (χ1v) is 7.17. The number of rotatable bonds is 5. The topological polar surface area (TPSA) is 65.2 Å². The summed E-state index contributed by atoms with van der Waals surface area (Å²) in [6.07, 6.45) is 1.84. The minimum atomic E-state index is -0.136. The largest absolute Gasteiger partial charge is 0.361 e. The lowest BCUT2D eigenvalue weighted by Gasteiger charge is -2.21. The van der Waals surface area contributed by atoms with Crippen LogP contribution in [0.1, 0.15) is 31.1 Å². The molecule has 0 radical (unpaired) electrons. The summed E-state index contributed by atoms with van der Waals surface area (Å²) in [6.45, 7) is 6.25. The van der Waals surface area contributed by atoms with E-state index in [-0.39, 0.29) is 24.4 Å². The van der Waals surface area contributed by atoms with Crippen LogP contribution >= 0.6 is 0 Å². The fraction of sp³-hybridized carbons (Fsp3) is 0.375. The molecule has 1 heterocycles. The maximum atomic E-state index is 12.5. The zero-order chi connectivity index (χ0) is 15.4. The van der Waals surface area contributed by atoms with Crippen LogP contribution in [0.15, 0.2) is 30.5 Å². The van der Waals surface area contributed by atoms with Gasteiger partial charge in [0.1, 0.15) is 0 Å². The molecule has 2 N–H and O–H groups in total. The standard InChI is InChI=1S/C16H21N3O2/c1-4-19(10-15(20)18-11(2)3)16(21)13-5-6-14-12(9-13)7-8-17-14/h5-9,11,17H,4,10H2,1-3H3,(H,18,20). The van der Waals surface area contributed by atoms with Crippen molar-refractivity contribution in [1.29, 1.82) is 0 Å². The molecule has 0 unspecified atom stereocenters. The first-order valence-electron chi connectivity index (χ1n) is 7.17. The molecule has 112 valence electrons. The van der Waals surface area contributed by atoms with Crippen LogP contribution in [-0.2, 0) is 4.79 Å². The molecule has 1 aromatic heterocycles. The molecule has 1 aromatic carbocycles. The summed E-state index contributed by atoms with van der Waals surface area (Å²) < 4.78 is 0. The number of fused-ring (bicyclic) bond motifs is 1. The molecule has 5 heteroatoms. The van der Waals surface area contributed by atoms with Crippen molar-refractivity contribution in [2.24, 2.45) is 0 Å². The number of nitrogens with one attached hydrogen (secondary N) is 2. The van der Waals surface area contributed by atoms with Gasteiger partial charge in [0.15, 0.2) is 0 Å². The Labute approximate surface area is 124 Å². The molecule has 0 aliphatic rings. The number of hydrogen-bond acceptors (Lipinski definition) is 2. The molecule has 2 amide bonds. The third-order valence-corrected chi connectivity index (χ3v) is 3.25. The molecule has 0 fully saturated rings. The highest BCUT2D eigenvalue weighted by Gasteiger charge is 2.18. The zero-order valence-corrected chi connectivity index (χ0v) is 12.6. The number of carbonyl (C=O) groups is 2. The van der Waals surface area contributed by atoms with Gasteiger partial charge in [-0.15, -0.1) is 0 Å². The van der Waals surface area contributed by atoms with Crippen molar-refractivity contribution in [3.8, 4) is 0 Å². The van der Waals surface area contributed by atoms with Crippen LogP contribution in [0.5, 0.6) is 0 Å². The van der Waals surface area contributed by atoms with Crippen molar-refractivity contribution in [3.63, 3.8) is 0 Å². The van der Waals surface area contributed by atoms with Crippen LogP contribution in [0.4, 0.5) is 0 Å². The van der Waals surface area contributed by atoms with Crippen LogP contribution in [-0.4, -0.2) is 40.8 Å². The molecular weight excluding hydrogens is 266 g/mol. The predicted molar refractivity (Wildman–Crippen MR) is 83.2 cm³/mol. The van der Waals surface area contributed by atoms with E-state index in [0.29, 0.717) is 12.1 Å². The van der Waals surface area contributed by atoms with E-state index in [1.807, 2.05) is 45.2 Å². The van der Waals surface area contributed by atoms with E-state index < -0.39 is 0 Å². The van der Waals surface area contributed by atoms with Gasteiger partial charge in [0.2, 0.25) is 5.91 Å². The Hall–Kier alpha value is -2.30. The molecule has 0 saturated heterocycles. The van der Waals surface area contributed by atoms with E-state index in [4.69, 9.17) is 0 Å². The van der Waals surface area contributed by atoms with Crippen LogP contribution in [0.25, 0.3) is 10.9 Å². The Morgan fingerprint density at radius 2 is 2.05 bits per heavy atom. The maximum absolute atomic E-state index is 12.5. The number of nitrogens with zero attached hydrogens (tertiary/aromatic N) is 1. The second-order valence-corrected chi connectivity index (χ2v) is 5.32. The number of hydrogen-bond donors (Lipinski definition) is 2. The molecule has 0 spiro atoms. The van der Waals surface area contributed by atoms with Crippen LogP contribution in [0.3, 0.4) is 0 Å². The van der Waals surface area contributed by atoms with Crippen molar-refractivity contribution in [2.45, 2.75) is 26.8 Å². The van der Waals surface area contributed by atoms with Crippen molar-refractivity contribution >= 4 is 22.7 Å². The summed E-state index contributed by atoms with van der Waals surface area (Å²) in [4.78, 5) is 29.0. The van der Waals surface area contributed by atoms with Gasteiger partial charge in [0.25, 0.3) is 5.91 Å². The Balaban J connectivity index is 2.13. The highest BCUT2D eigenvalue weighted by atomic mass is 16.2. The normalized spacial score (nSPS) is 10.9. The molecule has 21 heavy (non-hydrogen) atoms. The monoisotopic (exact) mass is 287 g/mol. The lowest BCUT2D eigenvalue weighted by atomic mass is 10.1. The average molecular weight is 287 g/mol. The lowest BCUT2D eigenvalue weighted by Crippen LogP contribution is -2.42. The summed E-state index contributed by atoms with van der Waals surface area (Å²) in [6, 6.07) is 7.50. The van der Waals surface area contributed by atoms with Crippen molar-refractivity contribution in [2.75, 3.05) is 13.1 Å². The number of aromatic amines is 1. The molecular formula is C16H21N3O2. The summed E-state index contributed by atoms with van der Waals surface area (Å²) in [5, 5.41) is 3.79. The van der Waals surface area contributed by atoms with Gasteiger partial charge < -0.3 is 15.2 Å². The van der Waals surface area contributed by atoms with Gasteiger partial charge in [-0.05, 0) is 45.0 Å². The van der Waals surface area contributed by atoms with E-state index in [1.165, 1.54) is 0 Å². The van der Waals surface area contributed by atoms with Gasteiger partial charge in [-0.25, -0.2) is 0 Å². The van der Waals surface area contributed by atoms with Gasteiger partial charge in [-0.3, -0.25) is 9.59 Å². The van der Waals surface area contributed by atoms with Crippen LogP contribution < -0.4 is 5.32 Å². The Morgan fingerprint density at radius 3 is 2.71 bits per heavy atom. The fourth-order valence-electron chi connectivity index (χ4n) is 2.24. The first-order chi connectivity index (χ1) is 10.0. The molecule has 2 aromatic rings. The number of likely N-dealkylation sites (N-methyl/N-ethyl adjacent to an activating group) is 1. The van der Waals surface area contributed by atoms with Gasteiger partial charge >= 0.3 is 0 Å². The molecule has 0 bridgehead atoms. The Kier molecular flexibility index (Phi) is 4.62. The minimum Gasteiger partial charge on any atom is -0.361 e. The summed E-state index contributed by atoms with van der Waals surface area (Å²) in [5.74, 6) is -0.262. The summed E-state index contributed by atoms with van der Waals surface area (Å²) >= 11 is 0. The molecule has 0 saturated carbocycles. The van der Waals surface area contributed by atoms with E-state index in [1.54, 1.807) is 11.0 Å². The first kappa shape index (κ1) is 15.1. The van der Waals surface area contributed by atoms with Gasteiger partial charge in [0, 0.05) is 35.2 Å². The number of aromatic nitrogens is 1. The van der Waals surface area contributed by atoms with Gasteiger partial charge in [-0.1, -0.05) is 0 Å². The molecule has 2 rings (SSSR count). The van der Waals surface area contributed by atoms with Crippen LogP contribution in [0, 0.1) is 0 Å². The second kappa shape index (κ2) is 6.43. The fourth-order valence-corrected chi connectivity index (χ4v) is 2.24. The number of amides is 2. The van der Waals surface area contributed by atoms with Crippen molar-refractivity contribution in [1.82, 2.24) is 15.2 Å². The highest BCUT2D eigenvalue weighted by Crippen LogP contribution is 2.15. The lowest BCUT2D eigenvalue weighted by molar-refractivity contribution is -0.122. The SMILES string of the molecule is CCN(CC(=O)NC(C)C)C(=O)c1ccc2[nH]ccc2c1.